The highest BCUT2D eigenvalue weighted by Gasteiger charge is 2.54. The second-order valence-electron chi connectivity index (χ2n) is 7.04. The SMILES string of the molecule is Cc1nnc(SCC2=C(C(=O)O)N3C(=O)[C@H](NC(=O)Cn4cc(Cl)c(=O)c(Cl)c4)[C@@H]3SC2)s1. The Bertz CT molecular complexity index is 1220. The van der Waals surface area contributed by atoms with Gasteiger partial charge in [-0.05, 0) is 12.5 Å². The lowest BCUT2D eigenvalue weighted by atomic mass is 10.0. The lowest BCUT2D eigenvalue weighted by Crippen LogP contribution is -2.70. The van der Waals surface area contributed by atoms with E-state index in [1.165, 1.54) is 56.7 Å². The molecule has 33 heavy (non-hydrogen) atoms. The average Bonchev–Trinajstić information content (AvgIpc) is 3.18. The van der Waals surface area contributed by atoms with Crippen LogP contribution in [0.3, 0.4) is 0 Å². The first-order chi connectivity index (χ1) is 15.7. The molecule has 4 heterocycles. The van der Waals surface area contributed by atoms with Gasteiger partial charge in [-0.15, -0.1) is 22.0 Å². The van der Waals surface area contributed by atoms with Gasteiger partial charge in [0, 0.05) is 23.9 Å². The Morgan fingerprint density at radius 2 is 1.97 bits per heavy atom. The van der Waals surface area contributed by atoms with Crippen molar-refractivity contribution in [2.24, 2.45) is 0 Å². The van der Waals surface area contributed by atoms with Crippen molar-refractivity contribution < 1.29 is 19.5 Å². The topological polar surface area (TPSA) is 134 Å². The predicted molar refractivity (Wildman–Crippen MR) is 126 cm³/mol. The fraction of sp³-hybridized carbons (Fsp3) is 0.333. The van der Waals surface area contributed by atoms with E-state index in [1.54, 1.807) is 0 Å². The monoisotopic (exact) mass is 547 g/mol. The predicted octanol–water partition coefficient (Wildman–Crippen LogP) is 1.85. The van der Waals surface area contributed by atoms with Crippen LogP contribution in [0.5, 0.6) is 0 Å². The third kappa shape index (κ3) is 4.92. The average molecular weight is 548 g/mol. The number of carbonyl (C=O) groups is 3. The van der Waals surface area contributed by atoms with Crippen molar-refractivity contribution in [3.05, 3.63) is 48.9 Å². The zero-order chi connectivity index (χ0) is 23.9. The van der Waals surface area contributed by atoms with Gasteiger partial charge in [0.25, 0.3) is 5.91 Å². The minimum atomic E-state index is -1.19. The summed E-state index contributed by atoms with van der Waals surface area (Å²) >= 11 is 15.8. The standard InChI is InChI=1S/C18H15Cl2N5O5S3/c1-7-22-23-18(33-7)32-6-8-5-31-16-12(15(28)25(16)13(8)17(29)30)21-11(26)4-24-2-9(19)14(27)10(20)3-24/h2-3,12,16H,4-6H2,1H3,(H,21,26)(H,29,30)/t12-,16-/m0/s1. The van der Waals surface area contributed by atoms with Crippen LogP contribution in [0.15, 0.2) is 32.8 Å². The Hall–Kier alpha value is -2.06. The highest BCUT2D eigenvalue weighted by molar-refractivity contribution is 8.01. The maximum atomic E-state index is 12.8. The summed E-state index contributed by atoms with van der Waals surface area (Å²) in [6.07, 6.45) is 2.54. The number of fused-ring (bicyclic) bond motifs is 1. The highest BCUT2D eigenvalue weighted by atomic mass is 35.5. The van der Waals surface area contributed by atoms with Gasteiger partial charge in [-0.2, -0.15) is 0 Å². The molecule has 0 radical (unpaired) electrons. The molecule has 0 spiro atoms. The van der Waals surface area contributed by atoms with E-state index in [9.17, 15) is 24.3 Å². The molecule has 2 N–H and O–H groups in total. The van der Waals surface area contributed by atoms with Crippen molar-refractivity contribution in [1.82, 2.24) is 25.0 Å². The number of carbonyl (C=O) groups excluding carboxylic acids is 2. The number of hydrogen-bond acceptors (Lipinski definition) is 9. The van der Waals surface area contributed by atoms with Gasteiger partial charge in [-0.3, -0.25) is 19.3 Å². The van der Waals surface area contributed by atoms with Gasteiger partial charge < -0.3 is 15.0 Å². The van der Waals surface area contributed by atoms with E-state index < -0.39 is 34.6 Å². The molecule has 10 nitrogen and oxygen atoms in total. The Balaban J connectivity index is 1.43. The zero-order valence-corrected chi connectivity index (χ0v) is 20.7. The molecule has 2 amide bonds. The molecule has 4 rings (SSSR count). The van der Waals surface area contributed by atoms with Crippen LogP contribution in [-0.2, 0) is 20.9 Å². The van der Waals surface area contributed by atoms with E-state index in [4.69, 9.17) is 23.2 Å². The first kappa shape index (κ1) is 24.1. The Kier molecular flexibility index (Phi) is 7.05. The summed E-state index contributed by atoms with van der Waals surface area (Å²) in [4.78, 5) is 50.0. The number of halogens is 2. The maximum Gasteiger partial charge on any atom is 0.352 e. The summed E-state index contributed by atoms with van der Waals surface area (Å²) in [6, 6.07) is -0.859. The van der Waals surface area contributed by atoms with Crippen molar-refractivity contribution in [2.45, 2.75) is 29.2 Å². The number of carboxylic acids is 1. The van der Waals surface area contributed by atoms with Crippen molar-refractivity contribution >= 4 is 75.8 Å². The summed E-state index contributed by atoms with van der Waals surface area (Å²) in [6.45, 7) is 1.62. The zero-order valence-electron chi connectivity index (χ0n) is 16.8. The largest absolute Gasteiger partial charge is 0.477 e. The van der Waals surface area contributed by atoms with Crippen molar-refractivity contribution in [2.75, 3.05) is 11.5 Å². The summed E-state index contributed by atoms with van der Waals surface area (Å²) in [7, 11) is 0. The van der Waals surface area contributed by atoms with Crippen LogP contribution in [0, 0.1) is 6.92 Å². The molecule has 2 atom stereocenters. The smallest absolute Gasteiger partial charge is 0.352 e. The number of β-lactam (4-membered cyclic amide) rings is 1. The number of aliphatic carboxylic acids is 1. The molecule has 2 aromatic rings. The molecule has 174 valence electrons. The number of aromatic nitrogens is 3. The van der Waals surface area contributed by atoms with Crippen LogP contribution < -0.4 is 10.7 Å². The third-order valence-corrected chi connectivity index (χ3v) is 8.70. The van der Waals surface area contributed by atoms with Gasteiger partial charge in [0.1, 0.15) is 38.7 Å². The van der Waals surface area contributed by atoms with Gasteiger partial charge in [0.15, 0.2) is 4.34 Å². The Morgan fingerprint density at radius 3 is 2.58 bits per heavy atom. The van der Waals surface area contributed by atoms with E-state index in [0.29, 0.717) is 17.1 Å². The molecular formula is C18H15Cl2N5O5S3. The third-order valence-electron chi connectivity index (χ3n) is 4.76. The fourth-order valence-electron chi connectivity index (χ4n) is 3.32. The lowest BCUT2D eigenvalue weighted by Gasteiger charge is -2.49. The number of aryl methyl sites for hydroxylation is 1. The molecule has 2 aliphatic heterocycles. The van der Waals surface area contributed by atoms with Crippen LogP contribution >= 0.6 is 58.1 Å². The number of nitrogens with one attached hydrogen (secondary N) is 1. The lowest BCUT2D eigenvalue weighted by molar-refractivity contribution is -0.150. The molecule has 0 aromatic carbocycles. The van der Waals surface area contributed by atoms with Gasteiger partial charge in [-0.1, -0.05) is 46.3 Å². The van der Waals surface area contributed by atoms with Gasteiger partial charge >= 0.3 is 5.97 Å². The summed E-state index contributed by atoms with van der Waals surface area (Å²) in [5, 5.41) is 20.4. The second-order valence-corrected chi connectivity index (χ2v) is 11.4. The summed E-state index contributed by atoms with van der Waals surface area (Å²) < 4.78 is 2.06. The minimum absolute atomic E-state index is 0.0537. The number of thioether (sulfide) groups is 2. The van der Waals surface area contributed by atoms with Crippen molar-refractivity contribution in [3.63, 3.8) is 0 Å². The molecule has 0 bridgehead atoms. The van der Waals surface area contributed by atoms with E-state index in [2.05, 4.69) is 15.5 Å². The van der Waals surface area contributed by atoms with Crippen LogP contribution in [0.1, 0.15) is 5.01 Å². The fourth-order valence-corrected chi connectivity index (χ4v) is 7.12. The van der Waals surface area contributed by atoms with Crippen LogP contribution in [0.2, 0.25) is 10.0 Å². The molecule has 2 aliphatic rings. The molecule has 0 aliphatic carbocycles. The highest BCUT2D eigenvalue weighted by Crippen LogP contribution is 2.41. The number of nitrogens with zero attached hydrogens (tertiary/aromatic N) is 4. The number of rotatable bonds is 7. The van der Waals surface area contributed by atoms with Crippen LogP contribution in [-0.4, -0.2) is 65.5 Å². The molecule has 15 heteroatoms. The molecule has 1 saturated heterocycles. The van der Waals surface area contributed by atoms with E-state index in [0.717, 1.165) is 9.35 Å². The van der Waals surface area contributed by atoms with E-state index in [1.807, 2.05) is 6.92 Å². The van der Waals surface area contributed by atoms with Crippen molar-refractivity contribution in [3.8, 4) is 0 Å². The van der Waals surface area contributed by atoms with Gasteiger partial charge in [0.2, 0.25) is 11.3 Å². The maximum absolute atomic E-state index is 12.8. The minimum Gasteiger partial charge on any atom is -0.477 e. The van der Waals surface area contributed by atoms with E-state index in [-0.39, 0.29) is 22.3 Å². The number of hydrogen-bond donors (Lipinski definition) is 2. The van der Waals surface area contributed by atoms with Crippen molar-refractivity contribution in [1.29, 1.82) is 0 Å². The first-order valence-corrected chi connectivity index (χ1v) is 12.9. The first-order valence-electron chi connectivity index (χ1n) is 9.33. The molecular weight excluding hydrogens is 533 g/mol. The number of pyridine rings is 1. The molecule has 2 aromatic heterocycles. The number of amides is 2. The van der Waals surface area contributed by atoms with Gasteiger partial charge in [-0.25, -0.2) is 4.79 Å². The number of carboxylic acid groups (broad SMARTS) is 1. The van der Waals surface area contributed by atoms with Gasteiger partial charge in [0.05, 0.1) is 0 Å². The second kappa shape index (κ2) is 9.66. The Morgan fingerprint density at radius 1 is 1.27 bits per heavy atom. The van der Waals surface area contributed by atoms with Crippen LogP contribution in [0.25, 0.3) is 0 Å². The molecule has 1 fully saturated rings. The summed E-state index contributed by atoms with van der Waals surface area (Å²) in [5.41, 5.74) is 0.0147. The normalized spacial score (nSPS) is 19.8. The quantitative estimate of drug-likeness (QED) is 0.393. The summed E-state index contributed by atoms with van der Waals surface area (Å²) in [5.74, 6) is -1.43. The van der Waals surface area contributed by atoms with E-state index >= 15 is 0 Å². The Labute approximate surface area is 209 Å². The molecule has 0 unspecified atom stereocenters. The molecule has 0 saturated carbocycles. The van der Waals surface area contributed by atoms with Crippen LogP contribution in [0.4, 0.5) is 0 Å².